The van der Waals surface area contributed by atoms with E-state index >= 15 is 0 Å². The first kappa shape index (κ1) is 12.4. The Morgan fingerprint density at radius 3 is 2.53 bits per heavy atom. The predicted octanol–water partition coefficient (Wildman–Crippen LogP) is -0.0672. The summed E-state index contributed by atoms with van der Waals surface area (Å²) in [7, 11) is 1.84. The molecule has 5 heteroatoms. The first-order valence-electron chi connectivity index (χ1n) is 5.17. The molecule has 0 saturated carbocycles. The minimum absolute atomic E-state index is 0.146. The second-order valence-corrected chi connectivity index (χ2v) is 4.34. The standard InChI is InChI=1S/C10H19NO4/c1-10(14,9(12)13)7-11(2)8-3-5-15-6-4-8/h8,14H,3-7H2,1-2H3,(H,12,13). The molecule has 1 rings (SSSR count). The highest BCUT2D eigenvalue weighted by Crippen LogP contribution is 2.15. The van der Waals surface area contributed by atoms with Crippen molar-refractivity contribution < 1.29 is 19.7 Å². The van der Waals surface area contributed by atoms with Crippen LogP contribution in [0.4, 0.5) is 0 Å². The molecule has 1 aliphatic heterocycles. The van der Waals surface area contributed by atoms with Gasteiger partial charge in [-0.15, -0.1) is 0 Å². The highest BCUT2D eigenvalue weighted by atomic mass is 16.5. The van der Waals surface area contributed by atoms with Gasteiger partial charge in [0, 0.05) is 25.8 Å². The molecule has 1 fully saturated rings. The van der Waals surface area contributed by atoms with Crippen molar-refractivity contribution in [2.24, 2.45) is 0 Å². The molecule has 0 spiro atoms. The maximum absolute atomic E-state index is 10.7. The minimum atomic E-state index is -1.67. The van der Waals surface area contributed by atoms with Crippen molar-refractivity contribution in [1.29, 1.82) is 0 Å². The van der Waals surface area contributed by atoms with Crippen molar-refractivity contribution in [2.45, 2.75) is 31.4 Å². The molecule has 0 aromatic carbocycles. The van der Waals surface area contributed by atoms with Gasteiger partial charge in [0.1, 0.15) is 0 Å². The van der Waals surface area contributed by atoms with Crippen LogP contribution < -0.4 is 0 Å². The summed E-state index contributed by atoms with van der Waals surface area (Å²) in [5.74, 6) is -1.18. The molecule has 0 bridgehead atoms. The Balaban J connectivity index is 2.46. The lowest BCUT2D eigenvalue weighted by Crippen LogP contribution is -2.49. The fourth-order valence-corrected chi connectivity index (χ4v) is 1.81. The van der Waals surface area contributed by atoms with Crippen molar-refractivity contribution in [3.63, 3.8) is 0 Å². The van der Waals surface area contributed by atoms with Crippen LogP contribution in [-0.4, -0.2) is 59.5 Å². The van der Waals surface area contributed by atoms with E-state index in [2.05, 4.69) is 0 Å². The number of ether oxygens (including phenoxy) is 1. The van der Waals surface area contributed by atoms with Crippen LogP contribution in [-0.2, 0) is 9.53 Å². The Morgan fingerprint density at radius 1 is 1.53 bits per heavy atom. The van der Waals surface area contributed by atoms with Crippen molar-refractivity contribution in [3.8, 4) is 0 Å². The Bertz CT molecular complexity index is 223. The lowest BCUT2D eigenvalue weighted by atomic mass is 10.0. The van der Waals surface area contributed by atoms with Crippen molar-refractivity contribution in [1.82, 2.24) is 4.90 Å². The molecule has 1 atom stereocenters. The summed E-state index contributed by atoms with van der Waals surface area (Å²) in [6, 6.07) is 0.310. The van der Waals surface area contributed by atoms with Gasteiger partial charge in [-0.25, -0.2) is 4.79 Å². The lowest BCUT2D eigenvalue weighted by molar-refractivity contribution is -0.159. The van der Waals surface area contributed by atoms with Crippen LogP contribution in [0.2, 0.25) is 0 Å². The van der Waals surface area contributed by atoms with E-state index in [-0.39, 0.29) is 6.54 Å². The van der Waals surface area contributed by atoms with E-state index in [9.17, 15) is 9.90 Å². The highest BCUT2D eigenvalue weighted by molar-refractivity contribution is 5.76. The van der Waals surface area contributed by atoms with E-state index in [1.807, 2.05) is 11.9 Å². The molecule has 1 unspecified atom stereocenters. The summed E-state index contributed by atoms with van der Waals surface area (Å²) in [6.07, 6.45) is 1.79. The number of carboxylic acids is 1. The van der Waals surface area contributed by atoms with Gasteiger partial charge in [-0.1, -0.05) is 0 Å². The number of nitrogens with zero attached hydrogens (tertiary/aromatic N) is 1. The van der Waals surface area contributed by atoms with E-state index in [0.717, 1.165) is 12.8 Å². The van der Waals surface area contributed by atoms with Crippen LogP contribution in [0, 0.1) is 0 Å². The van der Waals surface area contributed by atoms with Crippen molar-refractivity contribution in [3.05, 3.63) is 0 Å². The first-order valence-corrected chi connectivity index (χ1v) is 5.17. The summed E-state index contributed by atoms with van der Waals surface area (Å²) in [5.41, 5.74) is -1.67. The first-order chi connectivity index (χ1) is 6.93. The van der Waals surface area contributed by atoms with Crippen LogP contribution in [0.15, 0.2) is 0 Å². The van der Waals surface area contributed by atoms with Crippen LogP contribution in [0.5, 0.6) is 0 Å². The van der Waals surface area contributed by atoms with E-state index in [1.54, 1.807) is 0 Å². The summed E-state index contributed by atoms with van der Waals surface area (Å²) < 4.78 is 5.22. The summed E-state index contributed by atoms with van der Waals surface area (Å²) in [4.78, 5) is 12.6. The van der Waals surface area contributed by atoms with E-state index in [0.29, 0.717) is 19.3 Å². The van der Waals surface area contributed by atoms with Gasteiger partial charge in [-0.3, -0.25) is 4.90 Å². The van der Waals surface area contributed by atoms with Crippen LogP contribution in [0.25, 0.3) is 0 Å². The number of rotatable bonds is 4. The molecule has 2 N–H and O–H groups in total. The number of aliphatic hydroxyl groups is 1. The number of carboxylic acid groups (broad SMARTS) is 1. The minimum Gasteiger partial charge on any atom is -0.479 e. The maximum Gasteiger partial charge on any atom is 0.336 e. The average molecular weight is 217 g/mol. The fourth-order valence-electron chi connectivity index (χ4n) is 1.81. The monoisotopic (exact) mass is 217 g/mol. The van der Waals surface area contributed by atoms with Gasteiger partial charge in [-0.05, 0) is 26.8 Å². The Labute approximate surface area is 89.6 Å². The molecule has 1 heterocycles. The van der Waals surface area contributed by atoms with Crippen molar-refractivity contribution >= 4 is 5.97 Å². The zero-order valence-electron chi connectivity index (χ0n) is 9.27. The van der Waals surface area contributed by atoms with E-state index < -0.39 is 11.6 Å². The van der Waals surface area contributed by atoms with Crippen LogP contribution >= 0.6 is 0 Å². The molecule has 0 aromatic heterocycles. The van der Waals surface area contributed by atoms with Gasteiger partial charge in [0.2, 0.25) is 0 Å². The second-order valence-electron chi connectivity index (χ2n) is 4.34. The highest BCUT2D eigenvalue weighted by Gasteiger charge is 2.33. The molecular formula is C10H19NO4. The lowest BCUT2D eigenvalue weighted by Gasteiger charge is -2.34. The second kappa shape index (κ2) is 4.92. The maximum atomic E-state index is 10.7. The number of likely N-dealkylation sites (N-methyl/N-ethyl adjacent to an activating group) is 1. The molecule has 0 aromatic rings. The molecule has 1 saturated heterocycles. The summed E-state index contributed by atoms with van der Waals surface area (Å²) in [5, 5.41) is 18.4. The quantitative estimate of drug-likeness (QED) is 0.690. The summed E-state index contributed by atoms with van der Waals surface area (Å²) >= 11 is 0. The van der Waals surface area contributed by atoms with Crippen molar-refractivity contribution in [2.75, 3.05) is 26.8 Å². The van der Waals surface area contributed by atoms with Gasteiger partial charge in [0.05, 0.1) is 0 Å². The third kappa shape index (κ3) is 3.44. The smallest absolute Gasteiger partial charge is 0.336 e. The topological polar surface area (TPSA) is 70.0 Å². The van der Waals surface area contributed by atoms with E-state index in [1.165, 1.54) is 6.92 Å². The zero-order chi connectivity index (χ0) is 11.5. The van der Waals surface area contributed by atoms with Gasteiger partial charge in [0.25, 0.3) is 0 Å². The SMILES string of the molecule is CN(CC(C)(O)C(=O)O)C1CCOCC1. The molecule has 1 aliphatic rings. The molecule has 5 nitrogen and oxygen atoms in total. The van der Waals surface area contributed by atoms with Crippen LogP contribution in [0.3, 0.4) is 0 Å². The molecule has 0 amide bonds. The third-order valence-electron chi connectivity index (χ3n) is 2.83. The zero-order valence-corrected chi connectivity index (χ0v) is 9.27. The molecule has 88 valence electrons. The fraction of sp³-hybridized carbons (Fsp3) is 0.900. The van der Waals surface area contributed by atoms with Gasteiger partial charge in [0.15, 0.2) is 5.60 Å². The number of carbonyl (C=O) groups is 1. The molecular weight excluding hydrogens is 198 g/mol. The Morgan fingerprint density at radius 2 is 2.07 bits per heavy atom. The summed E-state index contributed by atoms with van der Waals surface area (Å²) in [6.45, 7) is 2.90. The third-order valence-corrected chi connectivity index (χ3v) is 2.83. The Kier molecular flexibility index (Phi) is 4.07. The van der Waals surface area contributed by atoms with Gasteiger partial charge in [-0.2, -0.15) is 0 Å². The predicted molar refractivity (Wildman–Crippen MR) is 54.7 cm³/mol. The van der Waals surface area contributed by atoms with E-state index in [4.69, 9.17) is 9.84 Å². The number of hydrogen-bond acceptors (Lipinski definition) is 4. The molecule has 0 radical (unpaired) electrons. The molecule has 15 heavy (non-hydrogen) atoms. The largest absolute Gasteiger partial charge is 0.479 e. The number of aliphatic carboxylic acids is 1. The normalized spacial score (nSPS) is 22.7. The number of hydrogen-bond donors (Lipinski definition) is 2. The van der Waals surface area contributed by atoms with Gasteiger partial charge >= 0.3 is 5.97 Å². The Hall–Kier alpha value is -0.650. The molecule has 0 aliphatic carbocycles. The average Bonchev–Trinajstić information content (AvgIpc) is 2.18. The van der Waals surface area contributed by atoms with Gasteiger partial charge < -0.3 is 14.9 Å². The van der Waals surface area contributed by atoms with Crippen LogP contribution in [0.1, 0.15) is 19.8 Å².